The number of nitrogens with one attached hydrogen (secondary N) is 1. The molecule has 1 aromatic heterocycles. The second kappa shape index (κ2) is 5.72. The standard InChI is InChI=1S/C14H14ClF2NO/c1-3-8-4-5-13(19-8)14(18-2)9-6-12(17)10(15)7-11(9)16/h4-7,14,18H,3H2,1-2H3. The molecule has 5 heteroatoms. The molecule has 0 amide bonds. The SMILES string of the molecule is CCc1ccc(C(NC)c2cc(F)c(Cl)cc2F)o1. The van der Waals surface area contributed by atoms with Gasteiger partial charge in [0.15, 0.2) is 0 Å². The van der Waals surface area contributed by atoms with E-state index in [1.165, 1.54) is 0 Å². The van der Waals surface area contributed by atoms with Crippen LogP contribution >= 0.6 is 11.6 Å². The molecule has 2 aromatic rings. The fraction of sp³-hybridized carbons (Fsp3) is 0.286. The molecule has 102 valence electrons. The monoisotopic (exact) mass is 285 g/mol. The van der Waals surface area contributed by atoms with Crippen molar-refractivity contribution in [3.63, 3.8) is 0 Å². The smallest absolute Gasteiger partial charge is 0.142 e. The highest BCUT2D eigenvalue weighted by atomic mass is 35.5. The maximum atomic E-state index is 13.9. The summed E-state index contributed by atoms with van der Waals surface area (Å²) in [6.07, 6.45) is 0.744. The van der Waals surface area contributed by atoms with Crippen LogP contribution in [0.25, 0.3) is 0 Å². The first kappa shape index (κ1) is 14.0. The van der Waals surface area contributed by atoms with Crippen molar-refractivity contribution >= 4 is 11.6 Å². The summed E-state index contributed by atoms with van der Waals surface area (Å²) in [6, 6.07) is 5.09. The third kappa shape index (κ3) is 2.80. The lowest BCUT2D eigenvalue weighted by molar-refractivity contribution is 0.425. The number of rotatable bonds is 4. The summed E-state index contributed by atoms with van der Waals surface area (Å²) < 4.78 is 33.0. The van der Waals surface area contributed by atoms with Crippen LogP contribution in [0.5, 0.6) is 0 Å². The molecule has 1 aromatic carbocycles. The van der Waals surface area contributed by atoms with Crippen molar-refractivity contribution in [2.75, 3.05) is 7.05 Å². The summed E-state index contributed by atoms with van der Waals surface area (Å²) in [5.74, 6) is 0.117. The highest BCUT2D eigenvalue weighted by molar-refractivity contribution is 6.30. The Morgan fingerprint density at radius 2 is 2.00 bits per heavy atom. The van der Waals surface area contributed by atoms with Gasteiger partial charge in [0.05, 0.1) is 11.1 Å². The predicted octanol–water partition coefficient (Wildman–Crippen LogP) is 4.08. The summed E-state index contributed by atoms with van der Waals surface area (Å²) in [6.45, 7) is 1.96. The minimum Gasteiger partial charge on any atom is -0.464 e. The topological polar surface area (TPSA) is 25.2 Å². The molecule has 0 aliphatic rings. The van der Waals surface area contributed by atoms with E-state index < -0.39 is 17.7 Å². The molecule has 1 unspecified atom stereocenters. The Kier molecular flexibility index (Phi) is 4.22. The molecule has 0 radical (unpaired) electrons. The van der Waals surface area contributed by atoms with Crippen LogP contribution in [0.15, 0.2) is 28.7 Å². The van der Waals surface area contributed by atoms with Gasteiger partial charge in [-0.25, -0.2) is 8.78 Å². The first-order valence-electron chi connectivity index (χ1n) is 5.97. The molecular formula is C14H14ClF2NO. The van der Waals surface area contributed by atoms with E-state index in [-0.39, 0.29) is 10.6 Å². The Balaban J connectivity index is 2.44. The number of aryl methyl sites for hydroxylation is 1. The van der Waals surface area contributed by atoms with Gasteiger partial charge in [0, 0.05) is 12.0 Å². The summed E-state index contributed by atoms with van der Waals surface area (Å²) >= 11 is 5.55. The van der Waals surface area contributed by atoms with Crippen molar-refractivity contribution < 1.29 is 13.2 Å². The maximum Gasteiger partial charge on any atom is 0.142 e. The fourth-order valence-corrected chi connectivity index (χ4v) is 2.10. The molecule has 0 fully saturated rings. The summed E-state index contributed by atoms with van der Waals surface area (Å²) in [4.78, 5) is 0. The van der Waals surface area contributed by atoms with Crippen LogP contribution in [-0.2, 0) is 6.42 Å². The number of hydrogen-bond acceptors (Lipinski definition) is 2. The second-order valence-electron chi connectivity index (χ2n) is 4.17. The van der Waals surface area contributed by atoms with Gasteiger partial charge in [0.25, 0.3) is 0 Å². The minimum absolute atomic E-state index is 0.168. The molecule has 1 N–H and O–H groups in total. The first-order valence-corrected chi connectivity index (χ1v) is 6.35. The van der Waals surface area contributed by atoms with Crippen LogP contribution in [0.4, 0.5) is 8.78 Å². The number of benzene rings is 1. The fourth-order valence-electron chi connectivity index (χ4n) is 1.95. The summed E-state index contributed by atoms with van der Waals surface area (Å²) in [5.41, 5.74) is 0.168. The van der Waals surface area contributed by atoms with E-state index in [1.807, 2.05) is 13.0 Å². The minimum atomic E-state index is -0.652. The average Bonchev–Trinajstić information content (AvgIpc) is 2.85. The van der Waals surface area contributed by atoms with Gasteiger partial charge in [0.1, 0.15) is 23.2 Å². The third-order valence-electron chi connectivity index (χ3n) is 2.95. The molecule has 1 heterocycles. The summed E-state index contributed by atoms with van der Waals surface area (Å²) in [7, 11) is 1.66. The van der Waals surface area contributed by atoms with E-state index in [0.717, 1.165) is 24.3 Å². The van der Waals surface area contributed by atoms with Gasteiger partial charge in [-0.3, -0.25) is 0 Å². The number of halogens is 3. The number of hydrogen-bond donors (Lipinski definition) is 1. The lowest BCUT2D eigenvalue weighted by Gasteiger charge is -2.15. The van der Waals surface area contributed by atoms with Gasteiger partial charge in [-0.05, 0) is 31.3 Å². The molecule has 0 aliphatic carbocycles. The zero-order valence-electron chi connectivity index (χ0n) is 10.6. The zero-order valence-corrected chi connectivity index (χ0v) is 11.4. The van der Waals surface area contributed by atoms with Crippen LogP contribution in [-0.4, -0.2) is 7.05 Å². The first-order chi connectivity index (χ1) is 9.06. The molecule has 0 aliphatic heterocycles. The van der Waals surface area contributed by atoms with Crippen molar-refractivity contribution in [3.05, 3.63) is 58.0 Å². The van der Waals surface area contributed by atoms with E-state index in [0.29, 0.717) is 5.76 Å². The largest absolute Gasteiger partial charge is 0.464 e. The highest BCUT2D eigenvalue weighted by Gasteiger charge is 2.21. The Bertz CT molecular complexity index is 583. The van der Waals surface area contributed by atoms with Gasteiger partial charge in [0.2, 0.25) is 0 Å². The van der Waals surface area contributed by atoms with Crippen LogP contribution in [0.1, 0.15) is 30.0 Å². The predicted molar refractivity (Wildman–Crippen MR) is 70.4 cm³/mol. The lowest BCUT2D eigenvalue weighted by atomic mass is 10.0. The molecule has 0 saturated heterocycles. The van der Waals surface area contributed by atoms with Crippen molar-refractivity contribution in [1.82, 2.24) is 5.32 Å². The van der Waals surface area contributed by atoms with Gasteiger partial charge >= 0.3 is 0 Å². The Morgan fingerprint density at radius 3 is 2.58 bits per heavy atom. The lowest BCUT2D eigenvalue weighted by Crippen LogP contribution is -2.18. The third-order valence-corrected chi connectivity index (χ3v) is 3.24. The van der Waals surface area contributed by atoms with Gasteiger partial charge in [-0.15, -0.1) is 0 Å². The zero-order chi connectivity index (χ0) is 14.0. The van der Waals surface area contributed by atoms with Crippen LogP contribution in [0, 0.1) is 11.6 Å². The normalized spacial score (nSPS) is 12.7. The Labute approximate surface area is 115 Å². The Morgan fingerprint density at radius 1 is 1.26 bits per heavy atom. The van der Waals surface area contributed by atoms with Crippen molar-refractivity contribution in [1.29, 1.82) is 0 Å². The quantitative estimate of drug-likeness (QED) is 0.856. The van der Waals surface area contributed by atoms with E-state index in [4.69, 9.17) is 16.0 Å². The van der Waals surface area contributed by atoms with Crippen LogP contribution in [0.3, 0.4) is 0 Å². The van der Waals surface area contributed by atoms with Crippen LogP contribution in [0.2, 0.25) is 5.02 Å². The van der Waals surface area contributed by atoms with E-state index in [9.17, 15) is 8.78 Å². The van der Waals surface area contributed by atoms with Gasteiger partial charge in [-0.2, -0.15) is 0 Å². The molecule has 2 rings (SSSR count). The van der Waals surface area contributed by atoms with Crippen molar-refractivity contribution in [3.8, 4) is 0 Å². The van der Waals surface area contributed by atoms with Gasteiger partial charge < -0.3 is 9.73 Å². The van der Waals surface area contributed by atoms with E-state index in [2.05, 4.69) is 5.32 Å². The average molecular weight is 286 g/mol. The second-order valence-corrected chi connectivity index (χ2v) is 4.57. The molecule has 1 atom stereocenters. The van der Waals surface area contributed by atoms with Crippen molar-refractivity contribution in [2.45, 2.75) is 19.4 Å². The molecular weight excluding hydrogens is 272 g/mol. The molecule has 0 bridgehead atoms. The Hall–Kier alpha value is -1.39. The highest BCUT2D eigenvalue weighted by Crippen LogP contribution is 2.29. The summed E-state index contributed by atoms with van der Waals surface area (Å²) in [5, 5.41) is 2.68. The molecule has 19 heavy (non-hydrogen) atoms. The molecule has 2 nitrogen and oxygen atoms in total. The number of furan rings is 1. The maximum absolute atomic E-state index is 13.9. The van der Waals surface area contributed by atoms with E-state index in [1.54, 1.807) is 13.1 Å². The molecule has 0 saturated carbocycles. The van der Waals surface area contributed by atoms with Crippen molar-refractivity contribution in [2.24, 2.45) is 0 Å². The van der Waals surface area contributed by atoms with Crippen LogP contribution < -0.4 is 5.32 Å². The molecule has 0 spiro atoms. The van der Waals surface area contributed by atoms with E-state index >= 15 is 0 Å². The van der Waals surface area contributed by atoms with Gasteiger partial charge in [-0.1, -0.05) is 18.5 Å².